The van der Waals surface area contributed by atoms with Crippen molar-refractivity contribution in [3.63, 3.8) is 0 Å². The van der Waals surface area contributed by atoms with E-state index in [-0.39, 0.29) is 17.5 Å². The van der Waals surface area contributed by atoms with Crippen molar-refractivity contribution in [3.8, 4) is 0 Å². The van der Waals surface area contributed by atoms with E-state index in [2.05, 4.69) is 45.3 Å². The molecule has 0 spiro atoms. The first-order chi connectivity index (χ1) is 5.79. The fraction of sp³-hybridized carbons (Fsp3) is 0.900. The molecule has 0 heterocycles. The molecule has 0 rings (SSSR count). The van der Waals surface area contributed by atoms with E-state index in [0.717, 1.165) is 0 Å². The van der Waals surface area contributed by atoms with Gasteiger partial charge >= 0.3 is 6.03 Å². The largest absolute Gasteiger partial charge is 0.341 e. The predicted octanol–water partition coefficient (Wildman–Crippen LogP) is 1.99. The van der Waals surface area contributed by atoms with Crippen LogP contribution in [-0.2, 0) is 0 Å². The summed E-state index contributed by atoms with van der Waals surface area (Å²) in [5, 5.41) is 5.53. The molecule has 0 fully saturated rings. The van der Waals surface area contributed by atoms with Crippen molar-refractivity contribution < 1.29 is 4.79 Å². The lowest BCUT2D eigenvalue weighted by Gasteiger charge is -2.34. The molecule has 1 unspecified atom stereocenters. The lowest BCUT2D eigenvalue weighted by molar-refractivity contribution is 0.196. The van der Waals surface area contributed by atoms with Gasteiger partial charge in [0.2, 0.25) is 0 Å². The van der Waals surface area contributed by atoms with Gasteiger partial charge in [-0.1, -0.05) is 34.6 Å². The number of rotatable bonds is 2. The van der Waals surface area contributed by atoms with Gasteiger partial charge in [-0.25, -0.2) is 4.79 Å². The summed E-state index contributed by atoms with van der Waals surface area (Å²) in [6.07, 6.45) is 0. The van der Waals surface area contributed by atoms with Crippen LogP contribution in [0.5, 0.6) is 0 Å². The second kappa shape index (κ2) is 4.49. The van der Waals surface area contributed by atoms with Gasteiger partial charge in [0, 0.05) is 13.1 Å². The summed E-state index contributed by atoms with van der Waals surface area (Å²) in [5.41, 5.74) is 0.0979. The Morgan fingerprint density at radius 2 is 1.69 bits per heavy atom. The maximum atomic E-state index is 11.2. The van der Waals surface area contributed by atoms with Gasteiger partial charge in [-0.3, -0.25) is 0 Å². The molecule has 0 aliphatic carbocycles. The Bertz CT molecular complexity index is 170. The second-order valence-electron chi connectivity index (χ2n) is 4.81. The number of carbonyl (C=O) groups is 1. The second-order valence-corrected chi connectivity index (χ2v) is 4.81. The summed E-state index contributed by atoms with van der Waals surface area (Å²) in [4.78, 5) is 11.2. The van der Waals surface area contributed by atoms with Gasteiger partial charge in [-0.15, -0.1) is 0 Å². The summed E-state index contributed by atoms with van der Waals surface area (Å²) in [6.45, 7) is 10.6. The van der Waals surface area contributed by atoms with Crippen molar-refractivity contribution in [3.05, 3.63) is 0 Å². The van der Waals surface area contributed by atoms with Gasteiger partial charge in [0.25, 0.3) is 0 Å². The van der Waals surface area contributed by atoms with E-state index in [0.29, 0.717) is 5.92 Å². The van der Waals surface area contributed by atoms with E-state index in [1.807, 2.05) is 0 Å². The first-order valence-electron chi connectivity index (χ1n) is 4.77. The predicted molar refractivity (Wildman–Crippen MR) is 55.7 cm³/mol. The molecule has 0 bridgehead atoms. The molecule has 0 radical (unpaired) electrons. The molecule has 0 aromatic carbocycles. The van der Waals surface area contributed by atoms with Crippen LogP contribution in [0.2, 0.25) is 0 Å². The zero-order valence-corrected chi connectivity index (χ0v) is 9.56. The normalized spacial score (nSPS) is 14.1. The lowest BCUT2D eigenvalue weighted by Crippen LogP contribution is -2.49. The van der Waals surface area contributed by atoms with Crippen LogP contribution >= 0.6 is 0 Å². The number of carbonyl (C=O) groups excluding carboxylic acids is 1. The highest BCUT2D eigenvalue weighted by Gasteiger charge is 2.28. The number of amides is 2. The molecular weight excluding hydrogens is 164 g/mol. The number of nitrogens with one attached hydrogen (secondary N) is 2. The number of hydrogen-bond acceptors (Lipinski definition) is 1. The SMILES string of the molecule is CNC(=O)NC(C(C)C)C(C)(C)C. The van der Waals surface area contributed by atoms with Gasteiger partial charge in [0.15, 0.2) is 0 Å². The number of urea groups is 1. The zero-order valence-electron chi connectivity index (χ0n) is 9.56. The monoisotopic (exact) mass is 186 g/mol. The molecule has 13 heavy (non-hydrogen) atoms. The third kappa shape index (κ3) is 4.15. The summed E-state index contributed by atoms with van der Waals surface area (Å²) in [6, 6.07) is 0.0982. The topological polar surface area (TPSA) is 41.1 Å². The summed E-state index contributed by atoms with van der Waals surface area (Å²) < 4.78 is 0. The van der Waals surface area contributed by atoms with Crippen LogP contribution in [0.1, 0.15) is 34.6 Å². The van der Waals surface area contributed by atoms with Crippen LogP contribution in [-0.4, -0.2) is 19.1 Å². The van der Waals surface area contributed by atoms with Gasteiger partial charge in [0.1, 0.15) is 0 Å². The minimum Gasteiger partial charge on any atom is -0.341 e. The van der Waals surface area contributed by atoms with Crippen molar-refractivity contribution in [2.45, 2.75) is 40.7 Å². The Morgan fingerprint density at radius 3 is 1.92 bits per heavy atom. The van der Waals surface area contributed by atoms with E-state index >= 15 is 0 Å². The van der Waals surface area contributed by atoms with Crippen molar-refractivity contribution in [1.29, 1.82) is 0 Å². The Balaban J connectivity index is 4.36. The Kier molecular flexibility index (Phi) is 4.24. The van der Waals surface area contributed by atoms with Crippen molar-refractivity contribution in [2.24, 2.45) is 11.3 Å². The van der Waals surface area contributed by atoms with Gasteiger partial charge in [0.05, 0.1) is 0 Å². The standard InChI is InChI=1S/C10H22N2O/c1-7(2)8(10(3,4)5)12-9(13)11-6/h7-8H,1-6H3,(H2,11,12,13). The smallest absolute Gasteiger partial charge is 0.314 e. The van der Waals surface area contributed by atoms with Crippen LogP contribution < -0.4 is 10.6 Å². The molecule has 0 aliphatic rings. The average molecular weight is 186 g/mol. The minimum atomic E-state index is -0.103. The van der Waals surface area contributed by atoms with Crippen LogP contribution in [0.25, 0.3) is 0 Å². The van der Waals surface area contributed by atoms with E-state index in [9.17, 15) is 4.79 Å². The molecule has 0 saturated carbocycles. The molecular formula is C10H22N2O. The molecule has 3 heteroatoms. The Hall–Kier alpha value is -0.730. The summed E-state index contributed by atoms with van der Waals surface area (Å²) in [5.74, 6) is 0.442. The third-order valence-electron chi connectivity index (χ3n) is 2.11. The van der Waals surface area contributed by atoms with Crippen LogP contribution in [0.4, 0.5) is 4.79 Å². The molecule has 2 amide bonds. The maximum Gasteiger partial charge on any atom is 0.314 e. The van der Waals surface area contributed by atoms with E-state index in [1.54, 1.807) is 7.05 Å². The molecule has 0 saturated heterocycles. The molecule has 1 atom stereocenters. The van der Waals surface area contributed by atoms with E-state index in [4.69, 9.17) is 0 Å². The van der Waals surface area contributed by atoms with Crippen LogP contribution in [0.3, 0.4) is 0 Å². The lowest BCUT2D eigenvalue weighted by atomic mass is 9.80. The van der Waals surface area contributed by atoms with Gasteiger partial charge in [-0.2, -0.15) is 0 Å². The highest BCUT2D eigenvalue weighted by molar-refractivity contribution is 5.73. The van der Waals surface area contributed by atoms with Crippen molar-refractivity contribution in [1.82, 2.24) is 10.6 Å². The first-order valence-corrected chi connectivity index (χ1v) is 4.77. The fourth-order valence-corrected chi connectivity index (χ4v) is 1.60. The molecule has 3 nitrogen and oxygen atoms in total. The Morgan fingerprint density at radius 1 is 1.23 bits per heavy atom. The zero-order chi connectivity index (χ0) is 10.6. The molecule has 2 N–H and O–H groups in total. The number of hydrogen-bond donors (Lipinski definition) is 2. The van der Waals surface area contributed by atoms with E-state index < -0.39 is 0 Å². The average Bonchev–Trinajstić information content (AvgIpc) is 1.96. The minimum absolute atomic E-state index is 0.0979. The van der Waals surface area contributed by atoms with Crippen LogP contribution in [0, 0.1) is 11.3 Å². The van der Waals surface area contributed by atoms with Gasteiger partial charge < -0.3 is 10.6 Å². The first kappa shape index (κ1) is 12.3. The van der Waals surface area contributed by atoms with Crippen molar-refractivity contribution >= 4 is 6.03 Å². The highest BCUT2D eigenvalue weighted by atomic mass is 16.2. The molecule has 78 valence electrons. The van der Waals surface area contributed by atoms with Crippen LogP contribution in [0.15, 0.2) is 0 Å². The van der Waals surface area contributed by atoms with Gasteiger partial charge in [-0.05, 0) is 11.3 Å². The molecule has 0 aliphatic heterocycles. The maximum absolute atomic E-state index is 11.2. The molecule has 0 aromatic heterocycles. The highest BCUT2D eigenvalue weighted by Crippen LogP contribution is 2.24. The summed E-state index contributed by atoms with van der Waals surface area (Å²) in [7, 11) is 1.63. The summed E-state index contributed by atoms with van der Waals surface area (Å²) >= 11 is 0. The van der Waals surface area contributed by atoms with E-state index in [1.165, 1.54) is 0 Å². The van der Waals surface area contributed by atoms with Crippen molar-refractivity contribution in [2.75, 3.05) is 7.05 Å². The fourth-order valence-electron chi connectivity index (χ4n) is 1.60. The quantitative estimate of drug-likeness (QED) is 0.680. The Labute approximate surface area is 81.3 Å². The third-order valence-corrected chi connectivity index (χ3v) is 2.11. The molecule has 0 aromatic rings.